The Labute approximate surface area is 159 Å². The van der Waals surface area contributed by atoms with Gasteiger partial charge in [-0.3, -0.25) is 9.69 Å². The predicted octanol–water partition coefficient (Wildman–Crippen LogP) is 2.33. The zero-order valence-corrected chi connectivity index (χ0v) is 15.0. The molecule has 0 aromatic heterocycles. The van der Waals surface area contributed by atoms with Crippen LogP contribution in [-0.4, -0.2) is 49.2 Å². The first-order chi connectivity index (χ1) is 12.8. The molecule has 146 valence electrons. The third-order valence-corrected chi connectivity index (χ3v) is 4.88. The van der Waals surface area contributed by atoms with Crippen molar-refractivity contribution in [2.45, 2.75) is 31.3 Å². The number of hydrogen-bond donors (Lipinski definition) is 2. The zero-order valence-electron chi connectivity index (χ0n) is 14.2. The summed E-state index contributed by atoms with van der Waals surface area (Å²) in [6.07, 6.45) is -3.28. The van der Waals surface area contributed by atoms with Gasteiger partial charge in [-0.15, -0.1) is 0 Å². The normalized spacial score (nSPS) is 22.6. The van der Waals surface area contributed by atoms with Gasteiger partial charge in [0, 0.05) is 13.0 Å². The van der Waals surface area contributed by atoms with E-state index in [4.69, 9.17) is 4.74 Å². The van der Waals surface area contributed by atoms with Crippen LogP contribution in [0.15, 0.2) is 18.2 Å². The molecule has 3 rings (SSSR count). The summed E-state index contributed by atoms with van der Waals surface area (Å²) in [5, 5.41) is 5.05. The number of rotatable bonds is 5. The second-order valence-corrected chi connectivity index (χ2v) is 6.85. The number of benzene rings is 1. The van der Waals surface area contributed by atoms with E-state index < -0.39 is 29.4 Å². The van der Waals surface area contributed by atoms with Crippen molar-refractivity contribution < 1.29 is 27.5 Å². The molecule has 1 aromatic carbocycles. The Kier molecular flexibility index (Phi) is 5.83. The van der Waals surface area contributed by atoms with Gasteiger partial charge in [0.15, 0.2) is 0 Å². The molecule has 0 spiro atoms. The molecule has 27 heavy (non-hydrogen) atoms. The maximum Gasteiger partial charge on any atom is 0.414 e. The van der Waals surface area contributed by atoms with Crippen molar-refractivity contribution in [2.24, 2.45) is 0 Å². The first-order valence-corrected chi connectivity index (χ1v) is 8.86. The Morgan fingerprint density at radius 1 is 1.41 bits per heavy atom. The van der Waals surface area contributed by atoms with Gasteiger partial charge in [0.2, 0.25) is 5.91 Å². The van der Waals surface area contributed by atoms with Crippen LogP contribution in [0, 0.1) is 5.82 Å². The summed E-state index contributed by atoms with van der Waals surface area (Å²) in [5.74, 6) is -0.819. The van der Waals surface area contributed by atoms with Crippen molar-refractivity contribution in [1.82, 2.24) is 10.6 Å². The number of nitrogens with one attached hydrogen (secondary N) is 2. The van der Waals surface area contributed by atoms with Gasteiger partial charge in [0.05, 0.1) is 18.8 Å². The SMILES string of the molecule is O=C1CC(c2ccc(N3C[C@H](CNC(=S)C(F)F)OC3=O)cc2F)CCN1. The maximum absolute atomic E-state index is 14.6. The van der Waals surface area contributed by atoms with Crippen LogP contribution in [0.3, 0.4) is 0 Å². The molecule has 2 atom stereocenters. The van der Waals surface area contributed by atoms with E-state index in [1.54, 1.807) is 12.1 Å². The van der Waals surface area contributed by atoms with Crippen molar-refractivity contribution in [1.29, 1.82) is 0 Å². The number of anilines is 1. The van der Waals surface area contributed by atoms with Crippen LogP contribution in [0.1, 0.15) is 24.3 Å². The number of carbonyl (C=O) groups is 2. The fraction of sp³-hybridized carbons (Fsp3) is 0.471. The lowest BCUT2D eigenvalue weighted by Gasteiger charge is -2.23. The van der Waals surface area contributed by atoms with Crippen LogP contribution < -0.4 is 15.5 Å². The van der Waals surface area contributed by atoms with Gasteiger partial charge < -0.3 is 15.4 Å². The largest absolute Gasteiger partial charge is 0.442 e. The standard InChI is InChI=1S/C17H18F3N3O3S/c18-13-6-10(1-2-12(13)9-3-4-21-14(24)5-9)23-8-11(26-17(23)25)7-22-16(27)15(19)20/h1-2,6,9,11,15H,3-5,7-8H2,(H,21,24)(H,22,27)/t9?,11-/m0/s1. The number of ether oxygens (including phenoxy) is 1. The summed E-state index contributed by atoms with van der Waals surface area (Å²) in [5.41, 5.74) is 0.738. The lowest BCUT2D eigenvalue weighted by atomic mass is 9.89. The van der Waals surface area contributed by atoms with Gasteiger partial charge in [-0.05, 0) is 30.0 Å². The average Bonchev–Trinajstić information content (AvgIpc) is 3.00. The van der Waals surface area contributed by atoms with E-state index in [-0.39, 0.29) is 31.3 Å². The van der Waals surface area contributed by atoms with Crippen LogP contribution in [0.25, 0.3) is 0 Å². The minimum absolute atomic E-state index is 0.0524. The quantitative estimate of drug-likeness (QED) is 0.742. The number of carbonyl (C=O) groups excluding carboxylic acids is 2. The van der Waals surface area contributed by atoms with Gasteiger partial charge in [-0.1, -0.05) is 18.3 Å². The molecule has 2 N–H and O–H groups in total. The summed E-state index contributed by atoms with van der Waals surface area (Å²) < 4.78 is 44.4. The number of alkyl halides is 2. The summed E-state index contributed by atoms with van der Waals surface area (Å²) in [4.78, 5) is 24.1. The second-order valence-electron chi connectivity index (χ2n) is 6.41. The third kappa shape index (κ3) is 4.49. The van der Waals surface area contributed by atoms with Crippen molar-refractivity contribution in [3.63, 3.8) is 0 Å². The van der Waals surface area contributed by atoms with E-state index in [0.717, 1.165) is 0 Å². The molecule has 2 fully saturated rings. The van der Waals surface area contributed by atoms with Crippen LogP contribution in [0.2, 0.25) is 0 Å². The van der Waals surface area contributed by atoms with Crippen molar-refractivity contribution in [2.75, 3.05) is 24.5 Å². The minimum atomic E-state index is -2.78. The first-order valence-electron chi connectivity index (χ1n) is 8.45. The summed E-state index contributed by atoms with van der Waals surface area (Å²) in [6.45, 7) is 0.532. The van der Waals surface area contributed by atoms with Crippen LogP contribution in [0.5, 0.6) is 0 Å². The number of hydrogen-bond acceptors (Lipinski definition) is 4. The predicted molar refractivity (Wildman–Crippen MR) is 95.6 cm³/mol. The molecule has 0 aliphatic carbocycles. The number of nitrogens with zero attached hydrogens (tertiary/aromatic N) is 1. The fourth-order valence-electron chi connectivity index (χ4n) is 3.19. The van der Waals surface area contributed by atoms with E-state index in [9.17, 15) is 22.8 Å². The molecule has 10 heteroatoms. The molecule has 2 heterocycles. The highest BCUT2D eigenvalue weighted by molar-refractivity contribution is 7.80. The smallest absolute Gasteiger partial charge is 0.414 e. The van der Waals surface area contributed by atoms with Crippen molar-refractivity contribution >= 4 is 34.9 Å². The minimum Gasteiger partial charge on any atom is -0.442 e. The fourth-order valence-corrected chi connectivity index (χ4v) is 3.28. The Bertz CT molecular complexity index is 762. The number of halogens is 3. The lowest BCUT2D eigenvalue weighted by molar-refractivity contribution is -0.122. The molecule has 1 unspecified atom stereocenters. The number of piperidine rings is 1. The molecule has 2 saturated heterocycles. The highest BCUT2D eigenvalue weighted by Gasteiger charge is 2.33. The van der Waals surface area contributed by atoms with Crippen LogP contribution >= 0.6 is 12.2 Å². The van der Waals surface area contributed by atoms with Gasteiger partial charge in [-0.25, -0.2) is 18.0 Å². The number of thiocarbonyl (C=S) groups is 1. The summed E-state index contributed by atoms with van der Waals surface area (Å²) >= 11 is 4.47. The highest BCUT2D eigenvalue weighted by Crippen LogP contribution is 2.31. The Morgan fingerprint density at radius 2 is 2.19 bits per heavy atom. The highest BCUT2D eigenvalue weighted by atomic mass is 32.1. The van der Waals surface area contributed by atoms with Gasteiger partial charge >= 0.3 is 6.09 Å². The maximum atomic E-state index is 14.6. The van der Waals surface area contributed by atoms with Crippen LogP contribution in [0.4, 0.5) is 23.7 Å². The van der Waals surface area contributed by atoms with E-state index in [0.29, 0.717) is 24.2 Å². The molecule has 6 nitrogen and oxygen atoms in total. The van der Waals surface area contributed by atoms with Crippen molar-refractivity contribution in [3.05, 3.63) is 29.6 Å². The van der Waals surface area contributed by atoms with E-state index in [2.05, 4.69) is 22.9 Å². The Hall–Kier alpha value is -2.36. The molecule has 2 amide bonds. The summed E-state index contributed by atoms with van der Waals surface area (Å²) in [7, 11) is 0. The molecule has 1 aromatic rings. The van der Waals surface area contributed by atoms with E-state index in [1.807, 2.05) is 0 Å². The Morgan fingerprint density at radius 3 is 2.85 bits per heavy atom. The third-order valence-electron chi connectivity index (χ3n) is 4.56. The molecule has 2 aliphatic rings. The second kappa shape index (κ2) is 8.12. The van der Waals surface area contributed by atoms with E-state index in [1.165, 1.54) is 11.0 Å². The number of amides is 2. The van der Waals surface area contributed by atoms with Crippen LogP contribution in [-0.2, 0) is 9.53 Å². The molecular weight excluding hydrogens is 383 g/mol. The Balaban J connectivity index is 1.66. The monoisotopic (exact) mass is 401 g/mol. The topological polar surface area (TPSA) is 70.7 Å². The first kappa shape index (κ1) is 19.4. The molecule has 0 saturated carbocycles. The average molecular weight is 401 g/mol. The molecular formula is C17H18F3N3O3S. The van der Waals surface area contributed by atoms with E-state index >= 15 is 0 Å². The van der Waals surface area contributed by atoms with Gasteiger partial charge in [0.25, 0.3) is 6.43 Å². The van der Waals surface area contributed by atoms with Gasteiger partial charge in [-0.2, -0.15) is 0 Å². The van der Waals surface area contributed by atoms with Crippen molar-refractivity contribution in [3.8, 4) is 0 Å². The molecule has 0 radical (unpaired) electrons. The molecule has 0 bridgehead atoms. The summed E-state index contributed by atoms with van der Waals surface area (Å²) in [6, 6.07) is 4.38. The zero-order chi connectivity index (χ0) is 19.6. The molecule has 2 aliphatic heterocycles. The lowest BCUT2D eigenvalue weighted by Crippen LogP contribution is -2.36. The van der Waals surface area contributed by atoms with Gasteiger partial charge in [0.1, 0.15) is 16.9 Å². The number of cyclic esters (lactones) is 1.